The Balaban J connectivity index is 1.16. The zero-order valence-corrected chi connectivity index (χ0v) is 26.3. The van der Waals surface area contributed by atoms with E-state index in [0.29, 0.717) is 0 Å². The van der Waals surface area contributed by atoms with Crippen LogP contribution in [0, 0.1) is 0 Å². The van der Waals surface area contributed by atoms with Crippen LogP contribution in [-0.4, -0.2) is 4.57 Å². The van der Waals surface area contributed by atoms with E-state index >= 15 is 0 Å². The van der Waals surface area contributed by atoms with Crippen molar-refractivity contribution in [3.8, 4) is 39.1 Å². The molecule has 0 bridgehead atoms. The highest BCUT2D eigenvalue weighted by Gasteiger charge is 2.32. The highest BCUT2D eigenvalue weighted by atomic mass is 15.0. The third-order valence-electron chi connectivity index (χ3n) is 10.3. The first-order valence-electron chi connectivity index (χ1n) is 16.7. The van der Waals surface area contributed by atoms with Crippen molar-refractivity contribution < 1.29 is 0 Å². The van der Waals surface area contributed by atoms with Crippen LogP contribution in [0.4, 0.5) is 0 Å². The van der Waals surface area contributed by atoms with Crippen molar-refractivity contribution in [3.05, 3.63) is 199 Å². The Morgan fingerprint density at radius 1 is 0.333 bits per heavy atom. The third kappa shape index (κ3) is 4.11. The minimum atomic E-state index is 0.149. The predicted octanol–water partition coefficient (Wildman–Crippen LogP) is 12.4. The lowest BCUT2D eigenvalue weighted by atomic mass is 9.82. The molecule has 224 valence electrons. The van der Waals surface area contributed by atoms with E-state index in [9.17, 15) is 0 Å². The van der Waals surface area contributed by atoms with Crippen LogP contribution in [0.25, 0.3) is 71.6 Å². The Morgan fingerprint density at radius 2 is 0.958 bits per heavy atom. The van der Waals surface area contributed by atoms with Gasteiger partial charge in [-0.2, -0.15) is 0 Å². The molecule has 1 aliphatic rings. The molecule has 1 aliphatic carbocycles. The normalized spacial score (nSPS) is 13.6. The fraction of sp³-hybridized carbons (Fsp3) is 0.0213. The van der Waals surface area contributed by atoms with Crippen molar-refractivity contribution in [2.75, 3.05) is 0 Å². The fourth-order valence-electron chi connectivity index (χ4n) is 8.09. The van der Waals surface area contributed by atoms with Crippen LogP contribution >= 0.6 is 0 Å². The number of benzene rings is 8. The molecule has 1 unspecified atom stereocenters. The maximum absolute atomic E-state index is 2.43. The van der Waals surface area contributed by atoms with Gasteiger partial charge in [-0.05, 0) is 109 Å². The molecule has 1 heterocycles. The van der Waals surface area contributed by atoms with Gasteiger partial charge >= 0.3 is 0 Å². The van der Waals surface area contributed by atoms with Crippen molar-refractivity contribution in [1.82, 2.24) is 4.57 Å². The van der Waals surface area contributed by atoms with Gasteiger partial charge in [-0.3, -0.25) is 0 Å². The topological polar surface area (TPSA) is 4.93 Å². The molecule has 9 aromatic rings. The molecule has 48 heavy (non-hydrogen) atoms. The maximum Gasteiger partial charge on any atom is 0.0541 e. The maximum atomic E-state index is 2.43. The molecule has 0 saturated carbocycles. The predicted molar refractivity (Wildman–Crippen MR) is 202 cm³/mol. The summed E-state index contributed by atoms with van der Waals surface area (Å²) < 4.78 is 2.38. The van der Waals surface area contributed by atoms with Crippen LogP contribution in [0.3, 0.4) is 0 Å². The average Bonchev–Trinajstić information content (AvgIpc) is 3.67. The SMILES string of the molecule is c1ccc(-c2cc3ccccc3cc2C2c3ccccc3-c3cc(-c4ccc5c(c4)c4ccccc4n5-c4ccccc4)ccc32)cc1. The van der Waals surface area contributed by atoms with Gasteiger partial charge in [-0.15, -0.1) is 0 Å². The summed E-state index contributed by atoms with van der Waals surface area (Å²) in [4.78, 5) is 0. The highest BCUT2D eigenvalue weighted by Crippen LogP contribution is 2.51. The first-order chi connectivity index (χ1) is 23.8. The quantitative estimate of drug-likeness (QED) is 0.187. The molecule has 0 radical (unpaired) electrons. The van der Waals surface area contributed by atoms with Crippen LogP contribution in [0.15, 0.2) is 182 Å². The average molecular weight is 610 g/mol. The summed E-state index contributed by atoms with van der Waals surface area (Å²) in [6.45, 7) is 0. The van der Waals surface area contributed by atoms with Crippen LogP contribution in [0.2, 0.25) is 0 Å². The molecule has 0 spiro atoms. The summed E-state index contributed by atoms with van der Waals surface area (Å²) in [5.41, 5.74) is 15.4. The van der Waals surface area contributed by atoms with E-state index < -0.39 is 0 Å². The number of para-hydroxylation sites is 2. The number of aromatic nitrogens is 1. The minimum absolute atomic E-state index is 0.149. The van der Waals surface area contributed by atoms with Crippen molar-refractivity contribution in [2.45, 2.75) is 5.92 Å². The van der Waals surface area contributed by atoms with Crippen LogP contribution in [0.5, 0.6) is 0 Å². The van der Waals surface area contributed by atoms with Crippen molar-refractivity contribution >= 4 is 32.6 Å². The summed E-state index contributed by atoms with van der Waals surface area (Å²) in [7, 11) is 0. The Bertz CT molecular complexity index is 2660. The number of rotatable bonds is 4. The summed E-state index contributed by atoms with van der Waals surface area (Å²) in [5.74, 6) is 0.149. The number of hydrogen-bond acceptors (Lipinski definition) is 0. The lowest BCUT2D eigenvalue weighted by Gasteiger charge is -2.20. The molecule has 0 fully saturated rings. The summed E-state index contributed by atoms with van der Waals surface area (Å²) in [6.07, 6.45) is 0. The molecular weight excluding hydrogens is 579 g/mol. The molecule has 0 N–H and O–H groups in total. The second-order valence-electron chi connectivity index (χ2n) is 12.9. The Morgan fingerprint density at radius 3 is 1.81 bits per heavy atom. The third-order valence-corrected chi connectivity index (χ3v) is 10.3. The van der Waals surface area contributed by atoms with E-state index in [2.05, 4.69) is 187 Å². The minimum Gasteiger partial charge on any atom is -0.309 e. The van der Waals surface area contributed by atoms with Crippen molar-refractivity contribution in [1.29, 1.82) is 0 Å². The number of hydrogen-bond donors (Lipinski definition) is 0. The van der Waals surface area contributed by atoms with Gasteiger partial charge in [0.1, 0.15) is 0 Å². The Hall–Kier alpha value is -6.18. The lowest BCUT2D eigenvalue weighted by Crippen LogP contribution is -2.02. The molecule has 1 nitrogen and oxygen atoms in total. The van der Waals surface area contributed by atoms with Crippen LogP contribution < -0.4 is 0 Å². The second-order valence-corrected chi connectivity index (χ2v) is 12.9. The van der Waals surface area contributed by atoms with Gasteiger partial charge < -0.3 is 4.57 Å². The molecule has 10 rings (SSSR count). The zero-order valence-electron chi connectivity index (χ0n) is 26.3. The van der Waals surface area contributed by atoms with E-state index in [0.717, 1.165) is 0 Å². The summed E-state index contributed by atoms with van der Waals surface area (Å²) >= 11 is 0. The highest BCUT2D eigenvalue weighted by molar-refractivity contribution is 6.10. The monoisotopic (exact) mass is 609 g/mol. The molecule has 0 amide bonds. The Labute approximate surface area is 280 Å². The van der Waals surface area contributed by atoms with E-state index in [1.165, 1.54) is 88.3 Å². The lowest BCUT2D eigenvalue weighted by molar-refractivity contribution is 1.02. The smallest absolute Gasteiger partial charge is 0.0541 e. The van der Waals surface area contributed by atoms with E-state index in [1.54, 1.807) is 0 Å². The van der Waals surface area contributed by atoms with Gasteiger partial charge in [0.25, 0.3) is 0 Å². The van der Waals surface area contributed by atoms with E-state index in [1.807, 2.05) is 0 Å². The summed E-state index contributed by atoms with van der Waals surface area (Å²) in [5, 5.41) is 5.09. The summed E-state index contributed by atoms with van der Waals surface area (Å²) in [6, 6.07) is 67.0. The fourth-order valence-corrected chi connectivity index (χ4v) is 8.09. The largest absolute Gasteiger partial charge is 0.309 e. The van der Waals surface area contributed by atoms with E-state index in [-0.39, 0.29) is 5.92 Å². The van der Waals surface area contributed by atoms with Gasteiger partial charge in [0.05, 0.1) is 11.0 Å². The van der Waals surface area contributed by atoms with Gasteiger partial charge in [-0.1, -0.05) is 133 Å². The van der Waals surface area contributed by atoms with Crippen LogP contribution in [0.1, 0.15) is 22.6 Å². The van der Waals surface area contributed by atoms with Crippen LogP contribution in [-0.2, 0) is 0 Å². The standard InChI is InChI=1S/C47H31N/c1-3-13-31(14-4-1)41-27-32-15-7-8-16-33(32)30-44(41)47-39-21-10-9-19-37(39)42-28-34(23-25-40(42)47)35-24-26-46-43(29-35)38-20-11-12-22-45(38)48(46)36-17-5-2-6-18-36/h1-30,47H. The Kier molecular flexibility index (Phi) is 6.01. The molecular formula is C47H31N. The molecule has 0 saturated heterocycles. The molecule has 1 atom stereocenters. The number of fused-ring (bicyclic) bond motifs is 7. The van der Waals surface area contributed by atoms with Crippen molar-refractivity contribution in [2.24, 2.45) is 0 Å². The second kappa shape index (κ2) is 10.7. The molecule has 1 heteroatoms. The molecule has 1 aromatic heterocycles. The molecule has 0 aliphatic heterocycles. The van der Waals surface area contributed by atoms with Gasteiger partial charge in [-0.25, -0.2) is 0 Å². The molecule has 8 aromatic carbocycles. The first kappa shape index (κ1) is 27.0. The van der Waals surface area contributed by atoms with Gasteiger partial charge in [0.2, 0.25) is 0 Å². The number of nitrogens with zero attached hydrogens (tertiary/aromatic N) is 1. The van der Waals surface area contributed by atoms with Gasteiger partial charge in [0, 0.05) is 22.4 Å². The van der Waals surface area contributed by atoms with Crippen molar-refractivity contribution in [3.63, 3.8) is 0 Å². The first-order valence-corrected chi connectivity index (χ1v) is 16.7. The van der Waals surface area contributed by atoms with E-state index in [4.69, 9.17) is 0 Å². The van der Waals surface area contributed by atoms with Gasteiger partial charge in [0.15, 0.2) is 0 Å². The zero-order chi connectivity index (χ0) is 31.6.